The van der Waals surface area contributed by atoms with Gasteiger partial charge in [0.15, 0.2) is 0 Å². The summed E-state index contributed by atoms with van der Waals surface area (Å²) in [6.45, 7) is 1.91. The highest BCUT2D eigenvalue weighted by atomic mass is 32.2. The summed E-state index contributed by atoms with van der Waals surface area (Å²) in [6, 6.07) is 11.7. The molecule has 0 fully saturated rings. The molecule has 0 saturated heterocycles. The first kappa shape index (κ1) is 16.8. The number of hydrogen-bond donors (Lipinski definition) is 2. The van der Waals surface area contributed by atoms with Crippen molar-refractivity contribution < 1.29 is 17.9 Å². The van der Waals surface area contributed by atoms with Gasteiger partial charge in [0.25, 0.3) is 5.91 Å². The maximum Gasteiger partial charge on any atom is 0.255 e. The summed E-state index contributed by atoms with van der Waals surface area (Å²) in [5.74, 6) is 0.195. The fraction of sp³-hybridized carbons (Fsp3) is 0.188. The van der Waals surface area contributed by atoms with Crippen molar-refractivity contribution in [3.8, 4) is 5.75 Å². The second-order valence-corrected chi connectivity index (χ2v) is 6.86. The van der Waals surface area contributed by atoms with Crippen LogP contribution in [0, 0.1) is 6.92 Å². The Labute approximate surface area is 135 Å². The lowest BCUT2D eigenvalue weighted by atomic mass is 10.1. The molecule has 0 unspecified atom stereocenters. The van der Waals surface area contributed by atoms with Gasteiger partial charge in [-0.05, 0) is 42.8 Å². The highest BCUT2D eigenvalue weighted by Gasteiger charge is 2.11. The Morgan fingerprint density at radius 2 is 1.87 bits per heavy atom. The fourth-order valence-corrected chi connectivity index (χ4v) is 2.61. The molecule has 1 amide bonds. The van der Waals surface area contributed by atoms with E-state index in [1.54, 1.807) is 30.3 Å². The lowest BCUT2D eigenvalue weighted by molar-refractivity contribution is 0.102. The van der Waals surface area contributed by atoms with Crippen LogP contribution in [-0.2, 0) is 10.0 Å². The summed E-state index contributed by atoms with van der Waals surface area (Å²) in [6.07, 6.45) is 1.05. The molecule has 0 aliphatic carbocycles. The molecule has 0 aliphatic heterocycles. The highest BCUT2D eigenvalue weighted by molar-refractivity contribution is 7.92. The Morgan fingerprint density at radius 1 is 1.13 bits per heavy atom. The number of carbonyl (C=O) groups is 1. The van der Waals surface area contributed by atoms with Crippen molar-refractivity contribution in [2.45, 2.75) is 6.92 Å². The van der Waals surface area contributed by atoms with Gasteiger partial charge in [0.2, 0.25) is 10.0 Å². The van der Waals surface area contributed by atoms with Crippen LogP contribution in [0.1, 0.15) is 15.9 Å². The number of aryl methyl sites for hydroxylation is 1. The number of benzene rings is 2. The molecule has 23 heavy (non-hydrogen) atoms. The third-order valence-corrected chi connectivity index (χ3v) is 3.64. The van der Waals surface area contributed by atoms with Crippen LogP contribution in [0.3, 0.4) is 0 Å². The van der Waals surface area contributed by atoms with Crippen LogP contribution in [-0.4, -0.2) is 27.7 Å². The summed E-state index contributed by atoms with van der Waals surface area (Å²) in [7, 11) is -1.87. The third-order valence-electron chi connectivity index (χ3n) is 3.03. The highest BCUT2D eigenvalue weighted by Crippen LogP contribution is 2.26. The predicted octanol–water partition coefficient (Wildman–Crippen LogP) is 2.63. The molecule has 0 radical (unpaired) electrons. The van der Waals surface area contributed by atoms with E-state index in [9.17, 15) is 13.2 Å². The second kappa shape index (κ2) is 6.70. The van der Waals surface area contributed by atoms with Gasteiger partial charge in [-0.1, -0.05) is 12.1 Å². The number of ether oxygens (including phenoxy) is 1. The fourth-order valence-electron chi connectivity index (χ4n) is 2.05. The molecule has 2 rings (SSSR count). The number of anilines is 2. The van der Waals surface area contributed by atoms with E-state index in [0.29, 0.717) is 22.7 Å². The zero-order valence-corrected chi connectivity index (χ0v) is 13.9. The molecule has 6 nitrogen and oxygen atoms in total. The monoisotopic (exact) mass is 334 g/mol. The molecule has 0 bridgehead atoms. The van der Waals surface area contributed by atoms with Crippen LogP contribution < -0.4 is 14.8 Å². The predicted molar refractivity (Wildman–Crippen MR) is 90.6 cm³/mol. The van der Waals surface area contributed by atoms with Gasteiger partial charge in [-0.15, -0.1) is 0 Å². The molecule has 2 aromatic rings. The lowest BCUT2D eigenvalue weighted by Gasteiger charge is -2.12. The van der Waals surface area contributed by atoms with Crippen molar-refractivity contribution >= 4 is 27.3 Å². The van der Waals surface area contributed by atoms with E-state index >= 15 is 0 Å². The first-order valence-electron chi connectivity index (χ1n) is 6.82. The molecule has 0 saturated carbocycles. The number of carbonyl (C=O) groups excluding carboxylic acids is 1. The van der Waals surface area contributed by atoms with E-state index in [2.05, 4.69) is 10.0 Å². The van der Waals surface area contributed by atoms with Crippen molar-refractivity contribution in [1.29, 1.82) is 0 Å². The molecule has 122 valence electrons. The minimum Gasteiger partial charge on any atom is -0.495 e. The standard InChI is InChI=1S/C16H18N2O4S/c1-11-7-8-15(22-2)14(9-11)17-16(19)12-5-4-6-13(10-12)18-23(3,20)21/h4-10,18H,1-3H3,(H,17,19). The Hall–Kier alpha value is -2.54. The van der Waals surface area contributed by atoms with Gasteiger partial charge in [-0.2, -0.15) is 0 Å². The maximum atomic E-state index is 12.4. The van der Waals surface area contributed by atoms with Crippen LogP contribution in [0.2, 0.25) is 0 Å². The summed E-state index contributed by atoms with van der Waals surface area (Å²) in [5, 5.41) is 2.77. The SMILES string of the molecule is COc1ccc(C)cc1NC(=O)c1cccc(NS(C)(=O)=O)c1. The third kappa shape index (κ3) is 4.72. The van der Waals surface area contributed by atoms with E-state index < -0.39 is 10.0 Å². The number of rotatable bonds is 5. The smallest absolute Gasteiger partial charge is 0.255 e. The minimum atomic E-state index is -3.40. The first-order chi connectivity index (χ1) is 10.8. The number of amides is 1. The molecule has 0 atom stereocenters. The van der Waals surface area contributed by atoms with Crippen molar-refractivity contribution in [3.05, 3.63) is 53.6 Å². The normalized spacial score (nSPS) is 10.9. The van der Waals surface area contributed by atoms with Gasteiger partial charge in [0.05, 0.1) is 19.1 Å². The van der Waals surface area contributed by atoms with Crippen molar-refractivity contribution in [1.82, 2.24) is 0 Å². The maximum absolute atomic E-state index is 12.4. The van der Waals surface area contributed by atoms with Gasteiger partial charge in [-0.3, -0.25) is 9.52 Å². The van der Waals surface area contributed by atoms with Crippen LogP contribution in [0.25, 0.3) is 0 Å². The molecule has 0 aliphatic rings. The van der Waals surface area contributed by atoms with Crippen molar-refractivity contribution in [3.63, 3.8) is 0 Å². The zero-order chi connectivity index (χ0) is 17.0. The topological polar surface area (TPSA) is 84.5 Å². The Morgan fingerprint density at radius 3 is 2.52 bits per heavy atom. The Bertz CT molecular complexity index is 832. The quantitative estimate of drug-likeness (QED) is 0.880. The minimum absolute atomic E-state index is 0.330. The molecule has 7 heteroatoms. The van der Waals surface area contributed by atoms with Crippen LogP contribution in [0.5, 0.6) is 5.75 Å². The van der Waals surface area contributed by atoms with E-state index in [0.717, 1.165) is 11.8 Å². The number of methoxy groups -OCH3 is 1. The molecule has 2 aromatic carbocycles. The average Bonchev–Trinajstić information content (AvgIpc) is 2.46. The van der Waals surface area contributed by atoms with E-state index in [1.165, 1.54) is 13.2 Å². The first-order valence-corrected chi connectivity index (χ1v) is 8.71. The van der Waals surface area contributed by atoms with Crippen molar-refractivity contribution in [2.24, 2.45) is 0 Å². The van der Waals surface area contributed by atoms with E-state index in [-0.39, 0.29) is 5.91 Å². The van der Waals surface area contributed by atoms with E-state index in [1.807, 2.05) is 13.0 Å². The van der Waals surface area contributed by atoms with Gasteiger partial charge < -0.3 is 10.1 Å². The average molecular weight is 334 g/mol. The van der Waals surface area contributed by atoms with Crippen LogP contribution >= 0.6 is 0 Å². The summed E-state index contributed by atoms with van der Waals surface area (Å²) in [5.41, 5.74) is 2.20. The Kier molecular flexibility index (Phi) is 4.90. The van der Waals surface area contributed by atoms with Crippen LogP contribution in [0.4, 0.5) is 11.4 Å². The van der Waals surface area contributed by atoms with Crippen molar-refractivity contribution in [2.75, 3.05) is 23.4 Å². The number of sulfonamides is 1. The van der Waals surface area contributed by atoms with Crippen LogP contribution in [0.15, 0.2) is 42.5 Å². The zero-order valence-electron chi connectivity index (χ0n) is 13.1. The molecule has 0 aromatic heterocycles. The second-order valence-electron chi connectivity index (χ2n) is 5.11. The van der Waals surface area contributed by atoms with Gasteiger partial charge in [0.1, 0.15) is 5.75 Å². The van der Waals surface area contributed by atoms with Gasteiger partial charge in [0, 0.05) is 11.3 Å². The Balaban J connectivity index is 2.25. The number of hydrogen-bond acceptors (Lipinski definition) is 4. The summed E-state index contributed by atoms with van der Waals surface area (Å²) < 4.78 is 30.1. The summed E-state index contributed by atoms with van der Waals surface area (Å²) in [4.78, 5) is 12.4. The molecule has 2 N–H and O–H groups in total. The van der Waals surface area contributed by atoms with E-state index in [4.69, 9.17) is 4.74 Å². The largest absolute Gasteiger partial charge is 0.495 e. The molecule has 0 spiro atoms. The summed E-state index contributed by atoms with van der Waals surface area (Å²) >= 11 is 0. The molecular weight excluding hydrogens is 316 g/mol. The lowest BCUT2D eigenvalue weighted by Crippen LogP contribution is -2.14. The molecule has 0 heterocycles. The molecular formula is C16H18N2O4S. The van der Waals surface area contributed by atoms with Gasteiger partial charge >= 0.3 is 0 Å². The van der Waals surface area contributed by atoms with Gasteiger partial charge in [-0.25, -0.2) is 8.42 Å². The number of nitrogens with one attached hydrogen (secondary N) is 2.